The van der Waals surface area contributed by atoms with Crippen molar-refractivity contribution in [1.29, 1.82) is 0 Å². The van der Waals surface area contributed by atoms with Crippen molar-refractivity contribution in [2.75, 3.05) is 18.0 Å². The second-order valence-electron chi connectivity index (χ2n) is 8.58. The average molecular weight is 515 g/mol. The molecule has 0 aromatic heterocycles. The van der Waals surface area contributed by atoms with Crippen molar-refractivity contribution in [3.8, 4) is 0 Å². The molecule has 3 atom stereocenters. The molecule has 2 aliphatic heterocycles. The van der Waals surface area contributed by atoms with Gasteiger partial charge in [0.1, 0.15) is 12.7 Å². The molecule has 2 amide bonds. The zero-order valence-electron chi connectivity index (χ0n) is 18.7. The number of rotatable bonds is 5. The highest BCUT2D eigenvalue weighted by Gasteiger charge is 2.41. The molecule has 8 heteroatoms. The van der Waals surface area contributed by atoms with Crippen LogP contribution in [0.2, 0.25) is 0 Å². The van der Waals surface area contributed by atoms with E-state index in [9.17, 15) is 14.4 Å². The van der Waals surface area contributed by atoms with E-state index in [1.165, 1.54) is 6.92 Å². The van der Waals surface area contributed by atoms with Crippen LogP contribution in [0.5, 0.6) is 0 Å². The SMILES string of the molecule is CC(=O)OC1C[C@@H](C[C@H]2CN(C(C)=O)c3ccc(Br)cc32)N(C(=O)OCc2ccccc2)C1. The lowest BCUT2D eigenvalue weighted by atomic mass is 9.92. The summed E-state index contributed by atoms with van der Waals surface area (Å²) >= 11 is 3.53. The highest BCUT2D eigenvalue weighted by Crippen LogP contribution is 2.42. The van der Waals surface area contributed by atoms with Gasteiger partial charge in [-0.25, -0.2) is 4.79 Å². The third-order valence-corrected chi connectivity index (χ3v) is 6.70. The number of fused-ring (bicyclic) bond motifs is 1. The number of ether oxygens (including phenoxy) is 2. The van der Waals surface area contributed by atoms with Crippen LogP contribution in [0.4, 0.5) is 10.5 Å². The summed E-state index contributed by atoms with van der Waals surface area (Å²) in [6.07, 6.45) is 0.393. The number of amides is 2. The molecule has 0 N–H and O–H groups in total. The molecule has 1 fully saturated rings. The van der Waals surface area contributed by atoms with Crippen LogP contribution in [0.1, 0.15) is 43.7 Å². The Morgan fingerprint density at radius 1 is 1.06 bits per heavy atom. The van der Waals surface area contributed by atoms with E-state index in [1.54, 1.807) is 16.7 Å². The topological polar surface area (TPSA) is 76.2 Å². The van der Waals surface area contributed by atoms with E-state index in [4.69, 9.17) is 9.47 Å². The number of carbonyl (C=O) groups is 3. The van der Waals surface area contributed by atoms with Gasteiger partial charge in [-0.15, -0.1) is 0 Å². The van der Waals surface area contributed by atoms with Crippen LogP contribution in [-0.2, 0) is 25.7 Å². The molecule has 2 aromatic rings. The molecule has 0 saturated carbocycles. The molecule has 1 saturated heterocycles. The van der Waals surface area contributed by atoms with Gasteiger partial charge in [-0.1, -0.05) is 46.3 Å². The molecule has 0 spiro atoms. The van der Waals surface area contributed by atoms with Gasteiger partial charge in [-0.05, 0) is 35.7 Å². The summed E-state index contributed by atoms with van der Waals surface area (Å²) in [5.74, 6) is -0.313. The first-order chi connectivity index (χ1) is 15.8. The van der Waals surface area contributed by atoms with Crippen LogP contribution in [0.3, 0.4) is 0 Å². The molecule has 0 radical (unpaired) electrons. The quantitative estimate of drug-likeness (QED) is 0.543. The van der Waals surface area contributed by atoms with Crippen LogP contribution >= 0.6 is 15.9 Å². The monoisotopic (exact) mass is 514 g/mol. The number of anilines is 1. The minimum absolute atomic E-state index is 0.00980. The van der Waals surface area contributed by atoms with Gasteiger partial charge in [0.05, 0.1) is 6.54 Å². The minimum atomic E-state index is -0.422. The predicted molar refractivity (Wildman–Crippen MR) is 127 cm³/mol. The molecule has 2 aliphatic rings. The summed E-state index contributed by atoms with van der Waals surface area (Å²) in [6, 6.07) is 15.3. The van der Waals surface area contributed by atoms with Crippen LogP contribution in [-0.4, -0.2) is 48.1 Å². The molecule has 33 heavy (non-hydrogen) atoms. The van der Waals surface area contributed by atoms with Crippen molar-refractivity contribution in [2.24, 2.45) is 0 Å². The molecular formula is C25H27BrN2O5. The molecule has 2 aromatic carbocycles. The van der Waals surface area contributed by atoms with Crippen LogP contribution in [0, 0.1) is 0 Å². The lowest BCUT2D eigenvalue weighted by Gasteiger charge is -2.26. The zero-order chi connectivity index (χ0) is 23.5. The first-order valence-electron chi connectivity index (χ1n) is 11.0. The summed E-state index contributed by atoms with van der Waals surface area (Å²) < 4.78 is 12.0. The number of likely N-dealkylation sites (tertiary alicyclic amines) is 1. The highest BCUT2D eigenvalue weighted by atomic mass is 79.9. The second-order valence-corrected chi connectivity index (χ2v) is 9.49. The Balaban J connectivity index is 1.51. The van der Waals surface area contributed by atoms with Crippen LogP contribution < -0.4 is 4.90 Å². The number of benzene rings is 2. The lowest BCUT2D eigenvalue weighted by Crippen LogP contribution is -2.38. The van der Waals surface area contributed by atoms with Crippen LogP contribution in [0.25, 0.3) is 0 Å². The Morgan fingerprint density at radius 3 is 2.52 bits per heavy atom. The Hall–Kier alpha value is -2.87. The van der Waals surface area contributed by atoms with Crippen molar-refractivity contribution in [3.05, 3.63) is 64.1 Å². The number of halogens is 1. The normalized spacial score (nSPS) is 21.6. The molecule has 7 nitrogen and oxygen atoms in total. The second kappa shape index (κ2) is 9.95. The van der Waals surface area contributed by atoms with E-state index in [0.717, 1.165) is 21.3 Å². The van der Waals surface area contributed by atoms with E-state index < -0.39 is 6.09 Å². The number of esters is 1. The first-order valence-corrected chi connectivity index (χ1v) is 11.8. The van der Waals surface area contributed by atoms with Crippen LogP contribution in [0.15, 0.2) is 53.0 Å². The number of nitrogens with zero attached hydrogens (tertiary/aromatic N) is 2. The smallest absolute Gasteiger partial charge is 0.410 e. The minimum Gasteiger partial charge on any atom is -0.461 e. The van der Waals surface area contributed by atoms with Gasteiger partial charge in [0, 0.05) is 48.9 Å². The third-order valence-electron chi connectivity index (χ3n) is 6.21. The summed E-state index contributed by atoms with van der Waals surface area (Å²) in [5.41, 5.74) is 2.89. The van der Waals surface area contributed by atoms with E-state index in [-0.39, 0.29) is 36.5 Å². The molecule has 2 heterocycles. The van der Waals surface area contributed by atoms with Gasteiger partial charge in [0.25, 0.3) is 0 Å². The summed E-state index contributed by atoms with van der Waals surface area (Å²) in [5, 5.41) is 0. The summed E-state index contributed by atoms with van der Waals surface area (Å²) in [7, 11) is 0. The maximum atomic E-state index is 13.0. The Kier molecular flexibility index (Phi) is 7.02. The Labute approximate surface area is 201 Å². The molecular weight excluding hydrogens is 488 g/mol. The molecule has 1 unspecified atom stereocenters. The van der Waals surface area contributed by atoms with Gasteiger partial charge in [0.2, 0.25) is 5.91 Å². The Morgan fingerprint density at radius 2 is 1.82 bits per heavy atom. The molecule has 4 rings (SSSR count). The zero-order valence-corrected chi connectivity index (χ0v) is 20.3. The van der Waals surface area contributed by atoms with Crippen molar-refractivity contribution in [2.45, 2.75) is 51.4 Å². The van der Waals surface area contributed by atoms with Gasteiger partial charge in [0.15, 0.2) is 0 Å². The number of hydrogen-bond acceptors (Lipinski definition) is 5. The van der Waals surface area contributed by atoms with E-state index in [2.05, 4.69) is 15.9 Å². The van der Waals surface area contributed by atoms with E-state index in [0.29, 0.717) is 25.9 Å². The molecule has 0 aliphatic carbocycles. The molecule has 174 valence electrons. The summed E-state index contributed by atoms with van der Waals surface area (Å²) in [6.45, 7) is 3.97. The van der Waals surface area contributed by atoms with Gasteiger partial charge in [-0.2, -0.15) is 0 Å². The fraction of sp³-hybridized carbons (Fsp3) is 0.400. The summed E-state index contributed by atoms with van der Waals surface area (Å²) in [4.78, 5) is 40.2. The van der Waals surface area contributed by atoms with Gasteiger partial charge in [-0.3, -0.25) is 9.59 Å². The predicted octanol–water partition coefficient (Wildman–Crippen LogP) is 4.63. The fourth-order valence-electron chi connectivity index (χ4n) is 4.79. The maximum absolute atomic E-state index is 13.0. The van der Waals surface area contributed by atoms with Crippen molar-refractivity contribution < 1.29 is 23.9 Å². The van der Waals surface area contributed by atoms with Crippen molar-refractivity contribution in [3.63, 3.8) is 0 Å². The highest BCUT2D eigenvalue weighted by molar-refractivity contribution is 9.10. The average Bonchev–Trinajstić information content (AvgIpc) is 3.33. The standard InChI is InChI=1S/C25H27BrN2O5/c1-16(29)27-13-19(23-11-20(26)8-9-24(23)27)10-21-12-22(33-17(2)30)14-28(21)25(31)32-15-18-6-4-3-5-7-18/h3-9,11,19,21-22H,10,12-15H2,1-2H3/t19-,21+,22?/m0/s1. The van der Waals surface area contributed by atoms with Crippen molar-refractivity contribution >= 4 is 39.6 Å². The fourth-order valence-corrected chi connectivity index (χ4v) is 5.17. The number of hydrogen-bond donors (Lipinski definition) is 0. The van der Waals surface area contributed by atoms with E-state index >= 15 is 0 Å². The van der Waals surface area contributed by atoms with E-state index in [1.807, 2.05) is 48.5 Å². The first kappa shape index (κ1) is 23.3. The Bertz CT molecular complexity index is 1040. The molecule has 0 bridgehead atoms. The maximum Gasteiger partial charge on any atom is 0.410 e. The third kappa shape index (κ3) is 5.38. The lowest BCUT2D eigenvalue weighted by molar-refractivity contribution is -0.145. The van der Waals surface area contributed by atoms with Gasteiger partial charge < -0.3 is 19.3 Å². The largest absolute Gasteiger partial charge is 0.461 e. The number of carbonyl (C=O) groups excluding carboxylic acids is 3. The van der Waals surface area contributed by atoms with Crippen molar-refractivity contribution in [1.82, 2.24) is 4.90 Å². The van der Waals surface area contributed by atoms with Gasteiger partial charge >= 0.3 is 12.1 Å².